The van der Waals surface area contributed by atoms with E-state index in [2.05, 4.69) is 35.8 Å². The predicted octanol–water partition coefficient (Wildman–Crippen LogP) is 4.61. The number of carbonyl (C=O) groups excluding carboxylic acids is 3. The SMILES string of the molecule is C=CC(=O)N1CC2c3c(nn(-c4ccc(C5CCC5)cc4)c3CCN2C(=O)c2ccc(C(F)(F)F)nc2)[C@@H](OC2CN(C(C)=O)C2)C1. The van der Waals surface area contributed by atoms with Crippen LogP contribution in [0, 0.1) is 0 Å². The van der Waals surface area contributed by atoms with Crippen molar-refractivity contribution in [3.63, 3.8) is 0 Å². The van der Waals surface area contributed by atoms with Gasteiger partial charge in [-0.3, -0.25) is 19.4 Å². The smallest absolute Gasteiger partial charge is 0.363 e. The first-order chi connectivity index (χ1) is 22.5. The fourth-order valence-corrected chi connectivity index (χ4v) is 6.99. The van der Waals surface area contributed by atoms with Gasteiger partial charge >= 0.3 is 6.18 Å². The van der Waals surface area contributed by atoms with Crippen LogP contribution in [-0.4, -0.2) is 86.0 Å². The lowest BCUT2D eigenvalue weighted by Gasteiger charge is -2.40. The molecule has 1 unspecified atom stereocenters. The molecule has 1 saturated heterocycles. The predicted molar refractivity (Wildman–Crippen MR) is 164 cm³/mol. The molecule has 2 fully saturated rings. The van der Waals surface area contributed by atoms with Crippen LogP contribution < -0.4 is 0 Å². The zero-order valence-electron chi connectivity index (χ0n) is 25.9. The minimum Gasteiger partial charge on any atom is -0.363 e. The Hall–Kier alpha value is -4.52. The average molecular weight is 649 g/mol. The Bertz CT molecular complexity index is 1710. The maximum atomic E-state index is 13.9. The summed E-state index contributed by atoms with van der Waals surface area (Å²) < 4.78 is 48.1. The van der Waals surface area contributed by atoms with E-state index in [1.807, 2.05) is 4.68 Å². The Morgan fingerprint density at radius 1 is 1.00 bits per heavy atom. The number of alkyl halides is 3. The molecule has 3 amide bonds. The molecule has 3 aromatic rings. The van der Waals surface area contributed by atoms with Crippen molar-refractivity contribution in [2.75, 3.05) is 32.7 Å². The summed E-state index contributed by atoms with van der Waals surface area (Å²) in [6.45, 7) is 6.51. The quantitative estimate of drug-likeness (QED) is 0.362. The first-order valence-corrected chi connectivity index (χ1v) is 15.9. The summed E-state index contributed by atoms with van der Waals surface area (Å²) in [6.07, 6.45) is 0.626. The van der Waals surface area contributed by atoms with E-state index in [0.717, 1.165) is 35.3 Å². The summed E-state index contributed by atoms with van der Waals surface area (Å²) >= 11 is 0. The maximum Gasteiger partial charge on any atom is 0.433 e. The number of pyridine rings is 1. The third-order valence-corrected chi connectivity index (χ3v) is 9.85. The molecule has 2 atom stereocenters. The molecule has 13 heteroatoms. The highest BCUT2D eigenvalue weighted by molar-refractivity contribution is 5.94. The van der Waals surface area contributed by atoms with Crippen LogP contribution in [0.15, 0.2) is 55.3 Å². The molecule has 47 heavy (non-hydrogen) atoms. The molecule has 7 rings (SSSR count). The number of ether oxygens (including phenoxy) is 1. The van der Waals surface area contributed by atoms with Crippen molar-refractivity contribution in [3.05, 3.63) is 89.0 Å². The monoisotopic (exact) mass is 648 g/mol. The second kappa shape index (κ2) is 11.9. The van der Waals surface area contributed by atoms with E-state index in [9.17, 15) is 27.6 Å². The van der Waals surface area contributed by atoms with Crippen LogP contribution in [0.1, 0.15) is 82.8 Å². The molecule has 0 radical (unpaired) electrons. The van der Waals surface area contributed by atoms with E-state index < -0.39 is 29.9 Å². The summed E-state index contributed by atoms with van der Waals surface area (Å²) in [5, 5.41) is 5.09. The van der Waals surface area contributed by atoms with Gasteiger partial charge in [-0.25, -0.2) is 4.68 Å². The van der Waals surface area contributed by atoms with Gasteiger partial charge in [0.05, 0.1) is 41.3 Å². The minimum absolute atomic E-state index is 0.0133. The van der Waals surface area contributed by atoms with Crippen molar-refractivity contribution in [1.82, 2.24) is 29.5 Å². The van der Waals surface area contributed by atoms with E-state index >= 15 is 0 Å². The number of carbonyl (C=O) groups is 3. The summed E-state index contributed by atoms with van der Waals surface area (Å²) in [5.41, 5.74) is 3.33. The number of nitrogens with zero attached hydrogens (tertiary/aromatic N) is 6. The second-order valence-corrected chi connectivity index (χ2v) is 12.7. The molecule has 0 bridgehead atoms. The Morgan fingerprint density at radius 3 is 2.34 bits per heavy atom. The normalized spacial score (nSPS) is 21.4. The van der Waals surface area contributed by atoms with Crippen molar-refractivity contribution in [1.29, 1.82) is 0 Å². The summed E-state index contributed by atoms with van der Waals surface area (Å²) in [5.74, 6) is -0.318. The maximum absolute atomic E-state index is 13.9. The first kappa shape index (κ1) is 31.1. The van der Waals surface area contributed by atoms with Gasteiger partial charge in [-0.1, -0.05) is 25.1 Å². The van der Waals surface area contributed by atoms with Gasteiger partial charge in [0, 0.05) is 51.3 Å². The Kier molecular flexibility index (Phi) is 7.89. The highest BCUT2D eigenvalue weighted by atomic mass is 19.4. The standard InChI is InChI=1S/C34H35F3N6O4/c1-3-30(45)41-18-27-31-26(13-14-42(27)33(46)23-9-12-29(38-15-23)34(35,36)37)43(24-10-7-22(8-11-24)21-5-4-6-21)39-32(31)28(19-41)47-25-16-40(17-25)20(2)44/h3,7-12,15,21,25,27-28H,1,4-6,13-14,16-19H2,2H3/t27?,28-/m0/s1. The zero-order chi connectivity index (χ0) is 33.0. The Labute approximate surface area is 269 Å². The summed E-state index contributed by atoms with van der Waals surface area (Å²) in [7, 11) is 0. The molecule has 1 aromatic carbocycles. The lowest BCUT2D eigenvalue weighted by atomic mass is 9.80. The van der Waals surface area contributed by atoms with Gasteiger partial charge < -0.3 is 19.4 Å². The van der Waals surface area contributed by atoms with Crippen LogP contribution in [0.2, 0.25) is 0 Å². The molecular weight excluding hydrogens is 613 g/mol. The van der Waals surface area contributed by atoms with Crippen LogP contribution in [0.3, 0.4) is 0 Å². The number of benzene rings is 1. The second-order valence-electron chi connectivity index (χ2n) is 12.7. The lowest BCUT2D eigenvalue weighted by molar-refractivity contribution is -0.150. The largest absolute Gasteiger partial charge is 0.433 e. The number of rotatable bonds is 6. The molecule has 0 N–H and O–H groups in total. The highest BCUT2D eigenvalue weighted by Crippen LogP contribution is 2.42. The number of aromatic nitrogens is 3. The van der Waals surface area contributed by atoms with Gasteiger partial charge in [0.25, 0.3) is 5.91 Å². The molecule has 2 aromatic heterocycles. The molecule has 10 nitrogen and oxygen atoms in total. The van der Waals surface area contributed by atoms with Crippen LogP contribution >= 0.6 is 0 Å². The van der Waals surface area contributed by atoms with Crippen molar-refractivity contribution in [2.24, 2.45) is 0 Å². The van der Waals surface area contributed by atoms with E-state index in [1.54, 1.807) is 14.7 Å². The van der Waals surface area contributed by atoms with Gasteiger partial charge in [0.2, 0.25) is 11.8 Å². The van der Waals surface area contributed by atoms with E-state index in [-0.39, 0.29) is 43.1 Å². The molecule has 246 valence electrons. The number of hydrogen-bond donors (Lipinski definition) is 0. The van der Waals surface area contributed by atoms with Crippen LogP contribution in [0.5, 0.6) is 0 Å². The van der Waals surface area contributed by atoms with E-state index in [4.69, 9.17) is 9.84 Å². The molecule has 3 aliphatic heterocycles. The molecule has 1 saturated carbocycles. The fourth-order valence-electron chi connectivity index (χ4n) is 6.99. The summed E-state index contributed by atoms with van der Waals surface area (Å²) in [6, 6.07) is 9.65. The van der Waals surface area contributed by atoms with Crippen LogP contribution in [0.4, 0.5) is 13.2 Å². The summed E-state index contributed by atoms with van der Waals surface area (Å²) in [4.78, 5) is 47.3. The van der Waals surface area contributed by atoms with Crippen molar-refractivity contribution >= 4 is 17.7 Å². The van der Waals surface area contributed by atoms with E-state index in [0.29, 0.717) is 31.1 Å². The van der Waals surface area contributed by atoms with E-state index in [1.165, 1.54) is 37.8 Å². The van der Waals surface area contributed by atoms with Crippen molar-refractivity contribution < 1.29 is 32.3 Å². The number of likely N-dealkylation sites (tertiary alicyclic amines) is 1. The molecule has 5 heterocycles. The first-order valence-electron chi connectivity index (χ1n) is 15.9. The minimum atomic E-state index is -4.63. The van der Waals surface area contributed by atoms with Gasteiger partial charge in [0.15, 0.2) is 0 Å². The highest BCUT2D eigenvalue weighted by Gasteiger charge is 2.45. The Balaban J connectivity index is 1.29. The number of halogens is 3. The zero-order valence-corrected chi connectivity index (χ0v) is 25.9. The van der Waals surface area contributed by atoms with Gasteiger partial charge in [0.1, 0.15) is 11.8 Å². The lowest BCUT2D eigenvalue weighted by Crippen LogP contribution is -2.54. The van der Waals surface area contributed by atoms with Gasteiger partial charge in [-0.05, 0) is 54.7 Å². The van der Waals surface area contributed by atoms with Crippen LogP contribution in [-0.2, 0) is 26.9 Å². The topological polar surface area (TPSA) is 101 Å². The molecule has 0 spiro atoms. The fraction of sp³-hybridized carbons (Fsp3) is 0.441. The average Bonchev–Trinajstić information content (AvgIpc) is 3.31. The molecule has 4 aliphatic rings. The third kappa shape index (κ3) is 5.70. The number of amides is 3. The van der Waals surface area contributed by atoms with Crippen molar-refractivity contribution in [2.45, 2.75) is 63.0 Å². The number of hydrogen-bond acceptors (Lipinski definition) is 6. The Morgan fingerprint density at radius 2 is 1.74 bits per heavy atom. The molecular formula is C34H35F3N6O4. The van der Waals surface area contributed by atoms with Crippen molar-refractivity contribution in [3.8, 4) is 5.69 Å². The van der Waals surface area contributed by atoms with Crippen LogP contribution in [0.25, 0.3) is 5.69 Å². The van der Waals surface area contributed by atoms with Gasteiger partial charge in [-0.15, -0.1) is 0 Å². The van der Waals surface area contributed by atoms with Gasteiger partial charge in [-0.2, -0.15) is 18.3 Å². The third-order valence-electron chi connectivity index (χ3n) is 9.85. The molecule has 1 aliphatic carbocycles.